The quantitative estimate of drug-likeness (QED) is 0.665. The van der Waals surface area contributed by atoms with Crippen molar-refractivity contribution >= 4 is 29.9 Å². The molecule has 0 amide bonds. The van der Waals surface area contributed by atoms with E-state index < -0.39 is 5.97 Å². The number of thiol groups is 1. The summed E-state index contributed by atoms with van der Waals surface area (Å²) in [5, 5.41) is 9.18. The zero-order valence-corrected chi connectivity index (χ0v) is 6.65. The lowest BCUT2D eigenvalue weighted by Gasteiger charge is -1.80. The van der Waals surface area contributed by atoms with Crippen molar-refractivity contribution in [2.45, 2.75) is 5.75 Å². The van der Waals surface area contributed by atoms with Gasteiger partial charge in [0.15, 0.2) is 0 Å². The van der Waals surface area contributed by atoms with Gasteiger partial charge in [-0.3, -0.25) is 0 Å². The van der Waals surface area contributed by atoms with Crippen LogP contribution in [0.1, 0.15) is 14.7 Å². The molecule has 5 heteroatoms. The van der Waals surface area contributed by atoms with Crippen LogP contribution in [0.15, 0.2) is 6.20 Å². The van der Waals surface area contributed by atoms with Gasteiger partial charge < -0.3 is 5.11 Å². The lowest BCUT2D eigenvalue weighted by atomic mass is 10.6. The van der Waals surface area contributed by atoms with Gasteiger partial charge in [-0.25, -0.2) is 9.78 Å². The highest BCUT2D eigenvalue weighted by Crippen LogP contribution is 2.13. The van der Waals surface area contributed by atoms with Gasteiger partial charge in [0.1, 0.15) is 9.88 Å². The molecule has 0 saturated carbocycles. The van der Waals surface area contributed by atoms with E-state index in [1.165, 1.54) is 6.20 Å². The molecule has 0 aliphatic heterocycles. The summed E-state index contributed by atoms with van der Waals surface area (Å²) in [5.74, 6) is -0.427. The summed E-state index contributed by atoms with van der Waals surface area (Å²) >= 11 is 5.10. The number of carbonyl (C=O) groups is 1. The van der Waals surface area contributed by atoms with Gasteiger partial charge in [-0.2, -0.15) is 12.6 Å². The Labute approximate surface area is 67.1 Å². The maximum Gasteiger partial charge on any atom is 0.347 e. The summed E-state index contributed by atoms with van der Waals surface area (Å²) < 4.78 is 0. The Morgan fingerprint density at radius 2 is 2.60 bits per heavy atom. The van der Waals surface area contributed by atoms with Crippen molar-refractivity contribution in [3.05, 3.63) is 16.1 Å². The van der Waals surface area contributed by atoms with E-state index in [4.69, 9.17) is 5.11 Å². The predicted molar refractivity (Wildman–Crippen MR) is 41.8 cm³/mol. The molecule has 0 fully saturated rings. The minimum atomic E-state index is -0.925. The standard InChI is InChI=1S/C5H5NO2S2/c7-5(8)3-1-6-4(2-9)10-3/h1,9H,2H2,(H,7,8). The molecule has 1 aromatic rings. The van der Waals surface area contributed by atoms with Crippen LogP contribution in [0.4, 0.5) is 0 Å². The van der Waals surface area contributed by atoms with E-state index in [2.05, 4.69) is 17.6 Å². The van der Waals surface area contributed by atoms with Gasteiger partial charge in [0.2, 0.25) is 0 Å². The topological polar surface area (TPSA) is 50.2 Å². The molecule has 0 aromatic carbocycles. The minimum Gasteiger partial charge on any atom is -0.477 e. The van der Waals surface area contributed by atoms with E-state index in [9.17, 15) is 4.79 Å². The normalized spacial score (nSPS) is 9.70. The molecule has 0 aliphatic carbocycles. The van der Waals surface area contributed by atoms with Crippen LogP contribution in [0.2, 0.25) is 0 Å². The summed E-state index contributed by atoms with van der Waals surface area (Å²) in [6, 6.07) is 0. The maximum absolute atomic E-state index is 10.3. The Kier molecular flexibility index (Phi) is 2.29. The first-order chi connectivity index (χ1) is 4.74. The summed E-state index contributed by atoms with van der Waals surface area (Å²) in [5.41, 5.74) is 0. The van der Waals surface area contributed by atoms with Crippen molar-refractivity contribution in [2.75, 3.05) is 0 Å². The Hall–Kier alpha value is -0.550. The number of hydrogen-bond donors (Lipinski definition) is 2. The van der Waals surface area contributed by atoms with Crippen molar-refractivity contribution in [3.63, 3.8) is 0 Å². The third kappa shape index (κ3) is 1.48. The van der Waals surface area contributed by atoms with Crippen LogP contribution in [-0.2, 0) is 5.75 Å². The Balaban J connectivity index is 2.88. The first kappa shape index (κ1) is 7.56. The van der Waals surface area contributed by atoms with Gasteiger partial charge in [-0.05, 0) is 0 Å². The van der Waals surface area contributed by atoms with Crippen LogP contribution in [0.5, 0.6) is 0 Å². The molecule has 0 spiro atoms. The van der Waals surface area contributed by atoms with Gasteiger partial charge >= 0.3 is 5.97 Å². The first-order valence-corrected chi connectivity index (χ1v) is 3.98. The van der Waals surface area contributed by atoms with E-state index in [1.54, 1.807) is 0 Å². The Bertz CT molecular complexity index is 246. The third-order valence-electron chi connectivity index (χ3n) is 0.900. The van der Waals surface area contributed by atoms with Crippen LogP contribution in [0.3, 0.4) is 0 Å². The number of nitrogens with zero attached hydrogens (tertiary/aromatic N) is 1. The highest BCUT2D eigenvalue weighted by Gasteiger charge is 2.06. The highest BCUT2D eigenvalue weighted by molar-refractivity contribution is 7.79. The van der Waals surface area contributed by atoms with Gasteiger partial charge in [0, 0.05) is 5.75 Å². The van der Waals surface area contributed by atoms with E-state index in [0.29, 0.717) is 5.75 Å². The molecule has 1 heterocycles. The molecule has 0 unspecified atom stereocenters. The van der Waals surface area contributed by atoms with Crippen molar-refractivity contribution in [1.82, 2.24) is 4.98 Å². The number of rotatable bonds is 2. The van der Waals surface area contributed by atoms with Gasteiger partial charge in [0.25, 0.3) is 0 Å². The fraction of sp³-hybridized carbons (Fsp3) is 0.200. The summed E-state index contributed by atoms with van der Waals surface area (Å²) in [6.45, 7) is 0. The predicted octanol–water partition coefficient (Wildman–Crippen LogP) is 1.27. The second-order valence-electron chi connectivity index (χ2n) is 1.58. The molecule has 0 bridgehead atoms. The summed E-state index contributed by atoms with van der Waals surface area (Å²) in [7, 11) is 0. The zero-order valence-electron chi connectivity index (χ0n) is 4.94. The Morgan fingerprint density at radius 3 is 2.90 bits per heavy atom. The minimum absolute atomic E-state index is 0.268. The monoisotopic (exact) mass is 175 g/mol. The van der Waals surface area contributed by atoms with E-state index in [0.717, 1.165) is 16.3 Å². The van der Waals surface area contributed by atoms with Gasteiger partial charge in [0.05, 0.1) is 6.20 Å². The molecular weight excluding hydrogens is 170 g/mol. The van der Waals surface area contributed by atoms with Crippen LogP contribution in [0.25, 0.3) is 0 Å². The molecule has 54 valence electrons. The van der Waals surface area contributed by atoms with E-state index >= 15 is 0 Å². The summed E-state index contributed by atoms with van der Waals surface area (Å²) in [4.78, 5) is 14.4. The van der Waals surface area contributed by atoms with Crippen molar-refractivity contribution in [2.24, 2.45) is 0 Å². The SMILES string of the molecule is O=C(O)c1cnc(CS)s1. The second kappa shape index (κ2) is 3.03. The molecule has 10 heavy (non-hydrogen) atoms. The van der Waals surface area contributed by atoms with Crippen molar-refractivity contribution in [3.8, 4) is 0 Å². The Morgan fingerprint density at radius 1 is 1.90 bits per heavy atom. The number of hydrogen-bond acceptors (Lipinski definition) is 4. The second-order valence-corrected chi connectivity index (χ2v) is 3.01. The fourth-order valence-electron chi connectivity index (χ4n) is 0.482. The van der Waals surface area contributed by atoms with E-state index in [1.807, 2.05) is 0 Å². The molecule has 0 aliphatic rings. The number of aromatic carboxylic acids is 1. The van der Waals surface area contributed by atoms with Crippen LogP contribution < -0.4 is 0 Å². The highest BCUT2D eigenvalue weighted by atomic mass is 32.1. The molecule has 1 rings (SSSR count). The first-order valence-electron chi connectivity index (χ1n) is 2.53. The average Bonchev–Trinajstić information content (AvgIpc) is 2.34. The molecule has 0 radical (unpaired) electrons. The zero-order chi connectivity index (χ0) is 7.56. The average molecular weight is 175 g/mol. The molecule has 0 saturated heterocycles. The van der Waals surface area contributed by atoms with Crippen molar-refractivity contribution < 1.29 is 9.90 Å². The summed E-state index contributed by atoms with van der Waals surface area (Å²) in [6.07, 6.45) is 1.35. The smallest absolute Gasteiger partial charge is 0.347 e. The van der Waals surface area contributed by atoms with Crippen LogP contribution in [0, 0.1) is 0 Å². The lowest BCUT2D eigenvalue weighted by Crippen LogP contribution is -1.89. The third-order valence-corrected chi connectivity index (χ3v) is 2.40. The number of carboxylic acids is 1. The molecule has 1 N–H and O–H groups in total. The fourth-order valence-corrected chi connectivity index (χ4v) is 1.37. The largest absolute Gasteiger partial charge is 0.477 e. The molecule has 1 aromatic heterocycles. The number of thiazole rings is 1. The van der Waals surface area contributed by atoms with Gasteiger partial charge in [-0.1, -0.05) is 0 Å². The maximum atomic E-state index is 10.3. The number of aromatic nitrogens is 1. The molecule has 3 nitrogen and oxygen atoms in total. The van der Waals surface area contributed by atoms with E-state index in [-0.39, 0.29) is 4.88 Å². The lowest BCUT2D eigenvalue weighted by molar-refractivity contribution is 0.0702. The molecular formula is C5H5NO2S2. The van der Waals surface area contributed by atoms with Gasteiger partial charge in [-0.15, -0.1) is 11.3 Å². The molecule has 0 atom stereocenters. The number of carboxylic acid groups (broad SMARTS) is 1. The van der Waals surface area contributed by atoms with Crippen LogP contribution >= 0.6 is 24.0 Å². The van der Waals surface area contributed by atoms with Crippen molar-refractivity contribution in [1.29, 1.82) is 0 Å². The van der Waals surface area contributed by atoms with Crippen LogP contribution in [-0.4, -0.2) is 16.1 Å².